The van der Waals surface area contributed by atoms with Gasteiger partial charge in [-0.15, -0.1) is 17.7 Å². The van der Waals surface area contributed by atoms with Gasteiger partial charge >= 0.3 is 0 Å². The van der Waals surface area contributed by atoms with Crippen LogP contribution in [0.15, 0.2) is 21.2 Å². The summed E-state index contributed by atoms with van der Waals surface area (Å²) in [7, 11) is 0. The van der Waals surface area contributed by atoms with Gasteiger partial charge in [0.2, 0.25) is 0 Å². The maximum Gasteiger partial charge on any atom is 0.262 e. The number of hydrogen-bond acceptors (Lipinski definition) is 5. The first-order chi connectivity index (χ1) is 13.7. The zero-order chi connectivity index (χ0) is 20.8. The second-order valence-corrected chi connectivity index (χ2v) is 9.93. The second kappa shape index (κ2) is 7.70. The molecule has 1 N–H and O–H groups in total. The fourth-order valence-corrected chi connectivity index (χ4v) is 4.74. The van der Waals surface area contributed by atoms with Gasteiger partial charge in [-0.3, -0.25) is 4.79 Å². The lowest BCUT2D eigenvalue weighted by Crippen LogP contribution is -2.32. The van der Waals surface area contributed by atoms with Gasteiger partial charge in [-0.05, 0) is 57.8 Å². The van der Waals surface area contributed by atoms with E-state index in [4.69, 9.17) is 4.98 Å². The molecule has 0 aliphatic heterocycles. The molecule has 0 bridgehead atoms. The molecule has 0 radical (unpaired) electrons. The van der Waals surface area contributed by atoms with E-state index in [2.05, 4.69) is 46.8 Å². The SMILES string of the molecule is CC(C)=N/N=C(\S)[C@H]1CC[C@@H]1c1nc2c(cnn2C2CCC(C)(C)CC2)c(=O)[nH]1. The number of aromatic amines is 1. The van der Waals surface area contributed by atoms with E-state index < -0.39 is 0 Å². The summed E-state index contributed by atoms with van der Waals surface area (Å²) in [6.45, 7) is 8.46. The van der Waals surface area contributed by atoms with Crippen molar-refractivity contribution in [1.29, 1.82) is 0 Å². The molecule has 2 aromatic rings. The van der Waals surface area contributed by atoms with Crippen molar-refractivity contribution in [3.8, 4) is 0 Å². The molecule has 0 unspecified atom stereocenters. The summed E-state index contributed by atoms with van der Waals surface area (Å²) >= 11 is 4.55. The molecule has 8 heteroatoms. The van der Waals surface area contributed by atoms with E-state index in [1.807, 2.05) is 18.5 Å². The van der Waals surface area contributed by atoms with Gasteiger partial charge in [0.25, 0.3) is 5.56 Å². The minimum atomic E-state index is -0.113. The van der Waals surface area contributed by atoms with Crippen molar-refractivity contribution in [3.63, 3.8) is 0 Å². The van der Waals surface area contributed by atoms with E-state index in [9.17, 15) is 4.79 Å². The number of hydrogen-bond donors (Lipinski definition) is 2. The van der Waals surface area contributed by atoms with Gasteiger partial charge in [0.15, 0.2) is 5.65 Å². The molecule has 2 heterocycles. The van der Waals surface area contributed by atoms with Gasteiger partial charge in [0.05, 0.1) is 17.3 Å². The van der Waals surface area contributed by atoms with E-state index in [1.54, 1.807) is 6.20 Å². The zero-order valence-corrected chi connectivity index (χ0v) is 18.5. The summed E-state index contributed by atoms with van der Waals surface area (Å²) in [5.41, 5.74) is 1.87. The van der Waals surface area contributed by atoms with E-state index in [-0.39, 0.29) is 17.4 Å². The Labute approximate surface area is 176 Å². The fourth-order valence-electron chi connectivity index (χ4n) is 4.39. The standard InChI is InChI=1S/C21H30N6OS/c1-12(2)25-26-20(29)15-6-5-14(15)17-23-18-16(19(28)24-17)11-22-27(18)13-7-9-21(3,4)10-8-13/h11,13-15H,5-10H2,1-4H3,(H,26,29)(H,23,24,28)/t14-,15-/m0/s1. The van der Waals surface area contributed by atoms with Crippen molar-refractivity contribution in [2.75, 3.05) is 0 Å². The molecule has 4 rings (SSSR count). The lowest BCUT2D eigenvalue weighted by Gasteiger charge is -2.35. The van der Waals surface area contributed by atoms with Crippen molar-refractivity contribution in [2.24, 2.45) is 21.5 Å². The molecule has 0 saturated heterocycles. The summed E-state index contributed by atoms with van der Waals surface area (Å²) < 4.78 is 1.98. The monoisotopic (exact) mass is 414 g/mol. The first-order valence-corrected chi connectivity index (χ1v) is 10.9. The topological polar surface area (TPSA) is 88.3 Å². The lowest BCUT2D eigenvalue weighted by atomic mass is 9.73. The Hall–Kier alpha value is -1.96. The van der Waals surface area contributed by atoms with Crippen LogP contribution in [0.4, 0.5) is 0 Å². The van der Waals surface area contributed by atoms with Gasteiger partial charge in [-0.1, -0.05) is 13.8 Å². The Balaban J connectivity index is 1.64. The summed E-state index contributed by atoms with van der Waals surface area (Å²) in [5.74, 6) is 0.980. The average molecular weight is 415 g/mol. The largest absolute Gasteiger partial charge is 0.310 e. The third kappa shape index (κ3) is 4.04. The number of rotatable bonds is 4. The fraction of sp³-hybridized carbons (Fsp3) is 0.667. The molecule has 2 saturated carbocycles. The van der Waals surface area contributed by atoms with Crippen LogP contribution in [0.1, 0.15) is 84.0 Å². The highest BCUT2D eigenvalue weighted by molar-refractivity contribution is 7.97. The Morgan fingerprint density at radius 2 is 1.93 bits per heavy atom. The van der Waals surface area contributed by atoms with Gasteiger partial charge in [0, 0.05) is 17.5 Å². The van der Waals surface area contributed by atoms with Crippen LogP contribution in [-0.2, 0) is 0 Å². The minimum Gasteiger partial charge on any atom is -0.310 e. The van der Waals surface area contributed by atoms with Gasteiger partial charge < -0.3 is 4.98 Å². The van der Waals surface area contributed by atoms with Crippen LogP contribution in [0.2, 0.25) is 0 Å². The van der Waals surface area contributed by atoms with E-state index in [0.717, 1.165) is 50.1 Å². The van der Waals surface area contributed by atoms with Crippen LogP contribution in [0.3, 0.4) is 0 Å². The number of nitrogens with one attached hydrogen (secondary N) is 1. The molecule has 0 amide bonds. The maximum atomic E-state index is 12.7. The van der Waals surface area contributed by atoms with Crippen molar-refractivity contribution < 1.29 is 0 Å². The molecular formula is C21H30N6OS. The highest BCUT2D eigenvalue weighted by atomic mass is 32.1. The molecule has 7 nitrogen and oxygen atoms in total. The lowest BCUT2D eigenvalue weighted by molar-refractivity contribution is 0.188. The van der Waals surface area contributed by atoms with E-state index in [0.29, 0.717) is 27.5 Å². The number of fused-ring (bicyclic) bond motifs is 1. The molecule has 0 spiro atoms. The molecule has 2 aromatic heterocycles. The Morgan fingerprint density at radius 3 is 2.55 bits per heavy atom. The predicted molar refractivity (Wildman–Crippen MR) is 120 cm³/mol. The maximum absolute atomic E-state index is 12.7. The molecule has 2 aliphatic carbocycles. The third-order valence-electron chi connectivity index (χ3n) is 6.45. The molecule has 2 atom stereocenters. The number of aromatic nitrogens is 4. The van der Waals surface area contributed by atoms with Gasteiger partial charge in [-0.2, -0.15) is 10.2 Å². The summed E-state index contributed by atoms with van der Waals surface area (Å²) in [5, 5.41) is 14.2. The number of nitrogens with zero attached hydrogens (tertiary/aromatic N) is 5. The van der Waals surface area contributed by atoms with Crippen LogP contribution in [0.25, 0.3) is 11.0 Å². The van der Waals surface area contributed by atoms with Crippen LogP contribution in [-0.4, -0.2) is 30.5 Å². The Morgan fingerprint density at radius 1 is 1.21 bits per heavy atom. The third-order valence-corrected chi connectivity index (χ3v) is 6.87. The predicted octanol–water partition coefficient (Wildman–Crippen LogP) is 4.48. The highest BCUT2D eigenvalue weighted by Gasteiger charge is 2.37. The number of thiol groups is 1. The average Bonchev–Trinajstić information content (AvgIpc) is 3.03. The van der Waals surface area contributed by atoms with Gasteiger partial charge in [-0.25, -0.2) is 9.67 Å². The van der Waals surface area contributed by atoms with E-state index >= 15 is 0 Å². The van der Waals surface area contributed by atoms with Crippen molar-refractivity contribution in [1.82, 2.24) is 19.7 Å². The van der Waals surface area contributed by atoms with E-state index in [1.165, 1.54) is 0 Å². The first-order valence-electron chi connectivity index (χ1n) is 10.5. The highest BCUT2D eigenvalue weighted by Crippen LogP contribution is 2.43. The summed E-state index contributed by atoms with van der Waals surface area (Å²) in [6, 6.07) is 0.309. The molecule has 0 aromatic carbocycles. The Kier molecular flexibility index (Phi) is 5.40. The van der Waals surface area contributed by atoms with Crippen molar-refractivity contribution in [3.05, 3.63) is 22.4 Å². The quantitative estimate of drug-likeness (QED) is 0.335. The first kappa shape index (κ1) is 20.3. The Bertz CT molecular complexity index is 1020. The van der Waals surface area contributed by atoms with Crippen molar-refractivity contribution in [2.45, 2.75) is 78.2 Å². The second-order valence-electron chi connectivity index (χ2n) is 9.47. The van der Waals surface area contributed by atoms with Crippen LogP contribution in [0.5, 0.6) is 0 Å². The van der Waals surface area contributed by atoms with Crippen LogP contribution < -0.4 is 5.56 Å². The minimum absolute atomic E-state index is 0.113. The zero-order valence-electron chi connectivity index (χ0n) is 17.6. The smallest absolute Gasteiger partial charge is 0.262 e. The molecule has 29 heavy (non-hydrogen) atoms. The molecule has 2 fully saturated rings. The molecular weight excluding hydrogens is 384 g/mol. The number of H-pyrrole nitrogens is 1. The normalized spacial score (nSPS) is 25.1. The van der Waals surface area contributed by atoms with Crippen LogP contribution in [0, 0.1) is 11.3 Å². The van der Waals surface area contributed by atoms with Crippen molar-refractivity contribution >= 4 is 34.4 Å². The summed E-state index contributed by atoms with van der Waals surface area (Å²) in [6.07, 6.45) is 8.06. The molecule has 156 valence electrons. The van der Waals surface area contributed by atoms with Gasteiger partial charge in [0.1, 0.15) is 11.2 Å². The summed E-state index contributed by atoms with van der Waals surface area (Å²) in [4.78, 5) is 20.6. The van der Waals surface area contributed by atoms with Crippen LogP contribution >= 0.6 is 12.6 Å². The molecule has 2 aliphatic rings.